The van der Waals surface area contributed by atoms with Crippen molar-refractivity contribution in [3.05, 3.63) is 94.0 Å². The summed E-state index contributed by atoms with van der Waals surface area (Å²) in [6, 6.07) is 20.6. The van der Waals surface area contributed by atoms with E-state index in [1.807, 2.05) is 67.6 Å². The van der Waals surface area contributed by atoms with E-state index in [2.05, 4.69) is 15.8 Å². The highest BCUT2D eigenvalue weighted by Crippen LogP contribution is 2.22. The van der Waals surface area contributed by atoms with Crippen molar-refractivity contribution in [2.75, 3.05) is 11.9 Å². The summed E-state index contributed by atoms with van der Waals surface area (Å²) in [6.07, 6.45) is 2.06. The Morgan fingerprint density at radius 2 is 1.86 bits per heavy atom. The smallest absolute Gasteiger partial charge is 0.259 e. The number of hydrogen-bond acceptors (Lipinski definition) is 4. The van der Waals surface area contributed by atoms with Gasteiger partial charge < -0.3 is 10.4 Å². The molecule has 0 saturated carbocycles. The van der Waals surface area contributed by atoms with Crippen LogP contribution in [-0.4, -0.2) is 23.8 Å². The molecule has 0 unspecified atom stereocenters. The number of hydrogen-bond donors (Lipinski definition) is 3. The van der Waals surface area contributed by atoms with E-state index in [-0.39, 0.29) is 18.2 Å². The molecule has 3 rings (SSSR count). The number of aromatic hydroxyl groups is 1. The summed E-state index contributed by atoms with van der Waals surface area (Å²) in [5.74, 6) is -0.197. The number of carbonyl (C=O) groups excluding carboxylic acids is 1. The van der Waals surface area contributed by atoms with Crippen LogP contribution >= 0.6 is 11.6 Å². The number of carbonyl (C=O) groups is 1. The molecule has 0 radical (unpaired) electrons. The number of aryl methyl sites for hydroxylation is 1. The molecule has 0 fully saturated rings. The molecule has 5 nitrogen and oxygen atoms in total. The number of amides is 1. The molecule has 0 saturated heterocycles. The molecule has 1 amide bonds. The maximum atomic E-state index is 11.9. The Morgan fingerprint density at radius 3 is 2.62 bits per heavy atom. The fourth-order valence-corrected chi connectivity index (χ4v) is 2.95. The van der Waals surface area contributed by atoms with E-state index in [0.29, 0.717) is 17.0 Å². The van der Waals surface area contributed by atoms with Gasteiger partial charge in [-0.15, -0.1) is 0 Å². The minimum atomic E-state index is -0.284. The topological polar surface area (TPSA) is 73.7 Å². The second kappa shape index (κ2) is 9.75. The first-order valence-corrected chi connectivity index (χ1v) is 9.57. The van der Waals surface area contributed by atoms with Crippen molar-refractivity contribution in [1.29, 1.82) is 0 Å². The Hall–Kier alpha value is -3.31. The number of halogens is 1. The molecular formula is C23H22ClN3O2. The van der Waals surface area contributed by atoms with Gasteiger partial charge in [0.2, 0.25) is 0 Å². The minimum absolute atomic E-state index is 0.0867. The quantitative estimate of drug-likeness (QED) is 0.398. The fourth-order valence-electron chi connectivity index (χ4n) is 2.75. The third-order valence-electron chi connectivity index (χ3n) is 4.34. The zero-order valence-corrected chi connectivity index (χ0v) is 16.8. The van der Waals surface area contributed by atoms with Crippen LogP contribution < -0.4 is 10.7 Å². The molecule has 3 aromatic rings. The highest BCUT2D eigenvalue weighted by atomic mass is 35.5. The van der Waals surface area contributed by atoms with Crippen molar-refractivity contribution in [1.82, 2.24) is 5.43 Å². The zero-order valence-electron chi connectivity index (χ0n) is 16.0. The number of nitrogens with one attached hydrogen (secondary N) is 2. The Kier molecular flexibility index (Phi) is 6.87. The lowest BCUT2D eigenvalue weighted by Crippen LogP contribution is -2.25. The molecule has 0 aromatic heterocycles. The number of phenols is 1. The van der Waals surface area contributed by atoms with Crippen LogP contribution in [0.3, 0.4) is 0 Å². The van der Waals surface area contributed by atoms with Crippen LogP contribution in [0.2, 0.25) is 5.02 Å². The van der Waals surface area contributed by atoms with E-state index in [9.17, 15) is 9.90 Å². The average Bonchev–Trinajstić information content (AvgIpc) is 2.71. The van der Waals surface area contributed by atoms with Gasteiger partial charge in [0, 0.05) is 16.3 Å². The third kappa shape index (κ3) is 6.09. The molecule has 0 aliphatic rings. The Bertz CT molecular complexity index is 1020. The van der Waals surface area contributed by atoms with Crippen LogP contribution in [0.25, 0.3) is 0 Å². The molecule has 3 aromatic carbocycles. The molecule has 6 heteroatoms. The molecule has 29 heavy (non-hydrogen) atoms. The van der Waals surface area contributed by atoms with E-state index in [0.717, 1.165) is 22.4 Å². The minimum Gasteiger partial charge on any atom is -0.507 e. The molecule has 0 heterocycles. The van der Waals surface area contributed by atoms with Gasteiger partial charge in [-0.3, -0.25) is 4.79 Å². The summed E-state index contributed by atoms with van der Waals surface area (Å²) in [6.45, 7) is 2.10. The highest BCUT2D eigenvalue weighted by Gasteiger charge is 2.05. The largest absolute Gasteiger partial charge is 0.507 e. The van der Waals surface area contributed by atoms with Gasteiger partial charge in [-0.2, -0.15) is 5.10 Å². The number of rotatable bonds is 7. The van der Waals surface area contributed by atoms with Crippen molar-refractivity contribution >= 4 is 29.4 Å². The van der Waals surface area contributed by atoms with Crippen molar-refractivity contribution < 1.29 is 9.90 Å². The van der Waals surface area contributed by atoms with Gasteiger partial charge in [-0.25, -0.2) is 5.43 Å². The predicted molar refractivity (Wildman–Crippen MR) is 118 cm³/mol. The summed E-state index contributed by atoms with van der Waals surface area (Å²) < 4.78 is 0. The Morgan fingerprint density at radius 1 is 1.10 bits per heavy atom. The monoisotopic (exact) mass is 407 g/mol. The summed E-state index contributed by atoms with van der Waals surface area (Å²) in [4.78, 5) is 11.9. The molecule has 3 N–H and O–H groups in total. The average molecular weight is 408 g/mol. The molecule has 0 bridgehead atoms. The lowest BCUT2D eigenvalue weighted by atomic mass is 10.0. The van der Waals surface area contributed by atoms with Gasteiger partial charge in [0.25, 0.3) is 5.91 Å². The van der Waals surface area contributed by atoms with Crippen LogP contribution in [0.1, 0.15) is 22.3 Å². The van der Waals surface area contributed by atoms with E-state index in [1.54, 1.807) is 6.07 Å². The fraction of sp³-hybridized carbons (Fsp3) is 0.130. The van der Waals surface area contributed by atoms with Gasteiger partial charge >= 0.3 is 0 Å². The highest BCUT2D eigenvalue weighted by molar-refractivity contribution is 6.31. The summed E-state index contributed by atoms with van der Waals surface area (Å²) in [7, 11) is 0. The zero-order chi connectivity index (χ0) is 20.6. The standard InChI is InChI=1S/C23H22ClN3O2/c1-16-6-9-20(10-7-16)25-15-23(29)27-26-14-19-13-17(8-11-22(19)28)12-18-4-2-3-5-21(18)24/h2-11,13-14,25,28H,12,15H2,1H3,(H,27,29). The van der Waals surface area contributed by atoms with Gasteiger partial charge in [-0.1, -0.05) is 53.6 Å². The second-order valence-corrected chi connectivity index (χ2v) is 7.08. The van der Waals surface area contributed by atoms with Gasteiger partial charge in [0.05, 0.1) is 12.8 Å². The molecule has 0 aliphatic carbocycles. The third-order valence-corrected chi connectivity index (χ3v) is 4.71. The van der Waals surface area contributed by atoms with Crippen LogP contribution in [0.4, 0.5) is 5.69 Å². The van der Waals surface area contributed by atoms with Crippen molar-refractivity contribution in [2.45, 2.75) is 13.3 Å². The molecule has 0 atom stereocenters. The van der Waals surface area contributed by atoms with Crippen LogP contribution in [0, 0.1) is 6.92 Å². The van der Waals surface area contributed by atoms with E-state index in [1.165, 1.54) is 6.21 Å². The lowest BCUT2D eigenvalue weighted by Gasteiger charge is -2.07. The number of nitrogens with zero attached hydrogens (tertiary/aromatic N) is 1. The van der Waals surface area contributed by atoms with E-state index < -0.39 is 0 Å². The summed E-state index contributed by atoms with van der Waals surface area (Å²) >= 11 is 6.22. The number of benzene rings is 3. The van der Waals surface area contributed by atoms with Crippen molar-refractivity contribution in [3.63, 3.8) is 0 Å². The predicted octanol–water partition coefficient (Wildman–Crippen LogP) is 4.51. The summed E-state index contributed by atoms with van der Waals surface area (Å²) in [5.41, 5.74) is 6.96. The normalized spacial score (nSPS) is 10.8. The number of phenolic OH excluding ortho intramolecular Hbond substituents is 1. The van der Waals surface area contributed by atoms with E-state index in [4.69, 9.17) is 11.6 Å². The molecule has 0 spiro atoms. The van der Waals surface area contributed by atoms with E-state index >= 15 is 0 Å². The van der Waals surface area contributed by atoms with Crippen molar-refractivity contribution in [2.24, 2.45) is 5.10 Å². The maximum absolute atomic E-state index is 11.9. The molecule has 0 aliphatic heterocycles. The SMILES string of the molecule is Cc1ccc(NCC(=O)NN=Cc2cc(Cc3ccccc3Cl)ccc2O)cc1. The number of anilines is 1. The van der Waals surface area contributed by atoms with Gasteiger partial charge in [-0.05, 0) is 54.8 Å². The first-order chi connectivity index (χ1) is 14.0. The first kappa shape index (κ1) is 20.4. The van der Waals surface area contributed by atoms with Crippen molar-refractivity contribution in [3.8, 4) is 5.75 Å². The molecular weight excluding hydrogens is 386 g/mol. The number of hydrazone groups is 1. The van der Waals surface area contributed by atoms with Crippen LogP contribution in [-0.2, 0) is 11.2 Å². The molecule has 148 valence electrons. The van der Waals surface area contributed by atoms with Gasteiger partial charge in [0.15, 0.2) is 0 Å². The van der Waals surface area contributed by atoms with Crippen LogP contribution in [0.5, 0.6) is 5.75 Å². The Balaban J connectivity index is 1.57. The Labute approximate surface area is 175 Å². The first-order valence-electron chi connectivity index (χ1n) is 9.19. The maximum Gasteiger partial charge on any atom is 0.259 e. The van der Waals surface area contributed by atoms with Crippen LogP contribution in [0.15, 0.2) is 71.8 Å². The van der Waals surface area contributed by atoms with Gasteiger partial charge in [0.1, 0.15) is 5.75 Å². The summed E-state index contributed by atoms with van der Waals surface area (Å²) in [5, 5.41) is 17.7. The second-order valence-electron chi connectivity index (χ2n) is 6.67. The lowest BCUT2D eigenvalue weighted by molar-refractivity contribution is -0.119.